The highest BCUT2D eigenvalue weighted by molar-refractivity contribution is 7.93. The van der Waals surface area contributed by atoms with E-state index in [1.54, 1.807) is 0 Å². The first kappa shape index (κ1) is 11.8. The Balaban J connectivity index is 2.36. The van der Waals surface area contributed by atoms with E-state index >= 15 is 0 Å². The Morgan fingerprint density at radius 2 is 1.94 bits per heavy atom. The molecule has 0 saturated heterocycles. The molecular weight excluding hydrogens is 263 g/mol. The smallest absolute Gasteiger partial charge is 0.454 e. The van der Waals surface area contributed by atoms with Gasteiger partial charge < -0.3 is 9.47 Å². The van der Waals surface area contributed by atoms with E-state index in [1.165, 1.54) is 16.9 Å². The monoisotopic (exact) mass is 269 g/mol. The Bertz CT molecular complexity index is 540. The van der Waals surface area contributed by atoms with E-state index in [0.717, 1.165) is 6.07 Å². The molecule has 0 atom stereocenters. The molecule has 17 heavy (non-hydrogen) atoms. The number of anilines is 1. The molecule has 0 fully saturated rings. The minimum atomic E-state index is -5.46. The van der Waals surface area contributed by atoms with Gasteiger partial charge in [-0.2, -0.15) is 21.6 Å². The van der Waals surface area contributed by atoms with Crippen LogP contribution in [0.3, 0.4) is 0 Å². The summed E-state index contributed by atoms with van der Waals surface area (Å²) >= 11 is 0. The first-order valence-corrected chi connectivity index (χ1v) is 5.77. The molecular formula is C8H6F3NO4S. The maximum absolute atomic E-state index is 12.1. The summed E-state index contributed by atoms with van der Waals surface area (Å²) in [5.74, 6) is 0.132. The van der Waals surface area contributed by atoms with Gasteiger partial charge >= 0.3 is 15.5 Å². The zero-order chi connectivity index (χ0) is 12.7. The summed E-state index contributed by atoms with van der Waals surface area (Å²) in [4.78, 5) is 0. The van der Waals surface area contributed by atoms with Crippen molar-refractivity contribution in [3.63, 3.8) is 0 Å². The van der Waals surface area contributed by atoms with Crippen molar-refractivity contribution in [2.24, 2.45) is 0 Å². The maximum atomic E-state index is 12.1. The fourth-order valence-electron chi connectivity index (χ4n) is 1.21. The van der Waals surface area contributed by atoms with E-state index in [2.05, 4.69) is 0 Å². The van der Waals surface area contributed by atoms with Crippen LogP contribution in [0.15, 0.2) is 18.2 Å². The van der Waals surface area contributed by atoms with E-state index in [4.69, 9.17) is 9.47 Å². The third kappa shape index (κ3) is 2.09. The Morgan fingerprint density at radius 1 is 1.24 bits per heavy atom. The van der Waals surface area contributed by atoms with E-state index in [9.17, 15) is 21.6 Å². The van der Waals surface area contributed by atoms with Crippen LogP contribution in [0.4, 0.5) is 18.9 Å². The molecule has 0 saturated carbocycles. The average molecular weight is 269 g/mol. The number of hydrogen-bond acceptors (Lipinski definition) is 4. The number of benzene rings is 1. The molecule has 1 aromatic rings. The van der Waals surface area contributed by atoms with Crippen molar-refractivity contribution in [1.29, 1.82) is 0 Å². The van der Waals surface area contributed by atoms with Gasteiger partial charge in [-0.05, 0) is 12.1 Å². The predicted octanol–water partition coefficient (Wildman–Crippen LogP) is 1.68. The summed E-state index contributed by atoms with van der Waals surface area (Å²) in [5.41, 5.74) is -5.69. The van der Waals surface area contributed by atoms with Crippen molar-refractivity contribution in [3.05, 3.63) is 18.2 Å². The molecule has 1 aliphatic heterocycles. The first-order chi connectivity index (χ1) is 7.81. The highest BCUT2D eigenvalue weighted by atomic mass is 32.2. The topological polar surface area (TPSA) is 64.6 Å². The van der Waals surface area contributed by atoms with Gasteiger partial charge in [0.15, 0.2) is 11.5 Å². The van der Waals surface area contributed by atoms with Crippen molar-refractivity contribution in [1.82, 2.24) is 0 Å². The molecule has 0 amide bonds. The summed E-state index contributed by atoms with van der Waals surface area (Å²) in [7, 11) is -5.46. The molecule has 1 aromatic carbocycles. The normalized spacial score (nSPS) is 14.8. The Hall–Kier alpha value is -1.64. The number of para-hydroxylation sites is 1. The molecule has 9 heteroatoms. The number of fused-ring (bicyclic) bond motifs is 1. The van der Waals surface area contributed by atoms with Crippen LogP contribution in [0.5, 0.6) is 11.5 Å². The summed E-state index contributed by atoms with van der Waals surface area (Å²) in [6.45, 7) is -0.167. The summed E-state index contributed by atoms with van der Waals surface area (Å²) in [6.07, 6.45) is 0. The number of alkyl halides is 3. The van der Waals surface area contributed by atoms with Crippen LogP contribution < -0.4 is 14.2 Å². The number of rotatable bonds is 2. The zero-order valence-electron chi connectivity index (χ0n) is 8.11. The molecule has 1 aliphatic rings. The first-order valence-electron chi connectivity index (χ1n) is 4.29. The summed E-state index contributed by atoms with van der Waals surface area (Å²) < 4.78 is 69.4. The third-order valence-corrected chi connectivity index (χ3v) is 3.04. The lowest BCUT2D eigenvalue weighted by Crippen LogP contribution is -2.30. The number of ether oxygens (including phenoxy) is 2. The highest BCUT2D eigenvalue weighted by Crippen LogP contribution is 2.40. The maximum Gasteiger partial charge on any atom is 0.516 e. The quantitative estimate of drug-likeness (QED) is 0.887. The predicted molar refractivity (Wildman–Crippen MR) is 51.2 cm³/mol. The second-order valence-electron chi connectivity index (χ2n) is 3.09. The number of nitrogens with one attached hydrogen (secondary N) is 1. The van der Waals surface area contributed by atoms with Crippen LogP contribution in [-0.4, -0.2) is 20.7 Å². The van der Waals surface area contributed by atoms with Gasteiger partial charge in [0.1, 0.15) is 0 Å². The Kier molecular flexibility index (Phi) is 2.57. The number of sulfonamides is 1. The molecule has 0 bridgehead atoms. The van der Waals surface area contributed by atoms with E-state index in [-0.39, 0.29) is 24.0 Å². The molecule has 0 spiro atoms. The van der Waals surface area contributed by atoms with Crippen LogP contribution in [0.1, 0.15) is 0 Å². The Labute approximate surface area is 94.2 Å². The molecule has 0 radical (unpaired) electrons. The molecule has 1 N–H and O–H groups in total. The van der Waals surface area contributed by atoms with Gasteiger partial charge in [0, 0.05) is 0 Å². The van der Waals surface area contributed by atoms with Crippen LogP contribution in [-0.2, 0) is 10.0 Å². The van der Waals surface area contributed by atoms with Crippen molar-refractivity contribution in [2.45, 2.75) is 5.51 Å². The van der Waals surface area contributed by atoms with Gasteiger partial charge in [-0.1, -0.05) is 6.07 Å². The van der Waals surface area contributed by atoms with Crippen molar-refractivity contribution < 1.29 is 31.1 Å². The second kappa shape index (κ2) is 3.69. The van der Waals surface area contributed by atoms with Crippen molar-refractivity contribution in [3.8, 4) is 11.5 Å². The number of hydrogen-bond donors (Lipinski definition) is 1. The lowest BCUT2D eigenvalue weighted by Gasteiger charge is -2.11. The van der Waals surface area contributed by atoms with Gasteiger partial charge in [0.05, 0.1) is 5.69 Å². The lowest BCUT2D eigenvalue weighted by molar-refractivity contribution is -0.0429. The van der Waals surface area contributed by atoms with Crippen molar-refractivity contribution >= 4 is 15.7 Å². The molecule has 0 unspecified atom stereocenters. The third-order valence-electron chi connectivity index (χ3n) is 1.95. The summed E-state index contributed by atoms with van der Waals surface area (Å²) in [5, 5.41) is 0. The van der Waals surface area contributed by atoms with E-state index < -0.39 is 15.5 Å². The molecule has 94 valence electrons. The summed E-state index contributed by atoms with van der Waals surface area (Å²) in [6, 6.07) is 3.95. The Morgan fingerprint density at radius 3 is 2.59 bits per heavy atom. The minimum Gasteiger partial charge on any atom is -0.454 e. The van der Waals surface area contributed by atoms with E-state index in [1.807, 2.05) is 0 Å². The second-order valence-corrected chi connectivity index (χ2v) is 4.76. The van der Waals surface area contributed by atoms with Gasteiger partial charge in [-0.3, -0.25) is 4.72 Å². The van der Waals surface area contributed by atoms with Crippen LogP contribution in [0.2, 0.25) is 0 Å². The van der Waals surface area contributed by atoms with Crippen LogP contribution >= 0.6 is 0 Å². The van der Waals surface area contributed by atoms with Gasteiger partial charge in [-0.25, -0.2) is 0 Å². The van der Waals surface area contributed by atoms with E-state index in [0.29, 0.717) is 0 Å². The van der Waals surface area contributed by atoms with Crippen LogP contribution in [0.25, 0.3) is 0 Å². The average Bonchev–Trinajstić information content (AvgIpc) is 2.64. The molecule has 5 nitrogen and oxygen atoms in total. The van der Waals surface area contributed by atoms with Gasteiger partial charge in [0.2, 0.25) is 6.79 Å². The van der Waals surface area contributed by atoms with Crippen molar-refractivity contribution in [2.75, 3.05) is 11.5 Å². The standard InChI is InChI=1S/C8H6F3NO4S/c9-8(10,11)17(13,14)12-5-2-1-3-6-7(5)16-4-15-6/h1-3,12H,4H2. The number of halogens is 3. The fourth-order valence-corrected chi connectivity index (χ4v) is 1.78. The largest absolute Gasteiger partial charge is 0.516 e. The fraction of sp³-hybridized carbons (Fsp3) is 0.250. The minimum absolute atomic E-state index is 0.0553. The molecule has 0 aliphatic carbocycles. The van der Waals surface area contributed by atoms with Gasteiger partial charge in [-0.15, -0.1) is 0 Å². The molecule has 2 rings (SSSR count). The lowest BCUT2D eigenvalue weighted by atomic mass is 10.3. The SMILES string of the molecule is O=S(=O)(Nc1cccc2c1OCO2)C(F)(F)F. The van der Waals surface area contributed by atoms with Crippen LogP contribution in [0, 0.1) is 0 Å². The molecule has 0 aromatic heterocycles. The highest BCUT2D eigenvalue weighted by Gasteiger charge is 2.46. The van der Waals surface area contributed by atoms with Gasteiger partial charge in [0.25, 0.3) is 0 Å². The zero-order valence-corrected chi connectivity index (χ0v) is 8.93. The molecule has 1 heterocycles.